The second-order valence-electron chi connectivity index (χ2n) is 5.68. The molecule has 27 heavy (non-hydrogen) atoms. The van der Waals surface area contributed by atoms with Crippen molar-refractivity contribution in [2.24, 2.45) is 0 Å². The molecule has 0 fully saturated rings. The molecule has 0 aliphatic rings. The maximum Gasteiger partial charge on any atom is 0.291 e. The zero-order chi connectivity index (χ0) is 18.8. The lowest BCUT2D eigenvalue weighted by Crippen LogP contribution is -2.23. The molecule has 0 unspecified atom stereocenters. The highest BCUT2D eigenvalue weighted by Crippen LogP contribution is 2.20. The molecule has 4 aromatic rings. The Bertz CT molecular complexity index is 1260. The Balaban J connectivity index is 1.68. The number of thiazole rings is 1. The van der Waals surface area contributed by atoms with Crippen LogP contribution in [0.3, 0.4) is 0 Å². The van der Waals surface area contributed by atoms with Gasteiger partial charge < -0.3 is 4.74 Å². The van der Waals surface area contributed by atoms with Crippen LogP contribution >= 0.6 is 22.9 Å². The van der Waals surface area contributed by atoms with Gasteiger partial charge in [-0.05, 0) is 24.3 Å². The van der Waals surface area contributed by atoms with E-state index in [1.807, 2.05) is 48.6 Å². The smallest absolute Gasteiger partial charge is 0.291 e. The van der Waals surface area contributed by atoms with Crippen LogP contribution in [-0.4, -0.2) is 21.7 Å². The van der Waals surface area contributed by atoms with Crippen molar-refractivity contribution >= 4 is 40.1 Å². The number of benzene rings is 2. The topological polar surface area (TPSA) is 56.5 Å². The predicted octanol–water partition coefficient (Wildman–Crippen LogP) is 3.69. The molecule has 2 aromatic carbocycles. The van der Waals surface area contributed by atoms with E-state index in [2.05, 4.69) is 10.1 Å². The van der Waals surface area contributed by atoms with Crippen LogP contribution in [0, 0.1) is 0 Å². The average Bonchev–Trinajstić information content (AvgIpc) is 3.22. The van der Waals surface area contributed by atoms with E-state index in [4.69, 9.17) is 16.3 Å². The monoisotopic (exact) mass is 395 g/mol. The van der Waals surface area contributed by atoms with E-state index in [1.165, 1.54) is 15.9 Å². The number of halogens is 1. The highest BCUT2D eigenvalue weighted by Gasteiger charge is 2.11. The maximum atomic E-state index is 12.6. The first-order chi connectivity index (χ1) is 13.2. The molecular formula is C20H14ClN3O2S. The fraction of sp³-hybridized carbons (Fsp3) is 0.0500. The van der Waals surface area contributed by atoms with Crippen molar-refractivity contribution in [1.82, 2.24) is 14.6 Å². The minimum absolute atomic E-state index is 0.194. The van der Waals surface area contributed by atoms with Gasteiger partial charge in [-0.1, -0.05) is 65.4 Å². The summed E-state index contributed by atoms with van der Waals surface area (Å²) in [5.41, 5.74) is 1.52. The summed E-state index contributed by atoms with van der Waals surface area (Å²) in [7, 11) is 1.63. The third-order valence-corrected chi connectivity index (χ3v) is 5.14. The lowest BCUT2D eigenvalue weighted by Gasteiger charge is -2.02. The average molecular weight is 396 g/mol. The first kappa shape index (κ1) is 17.5. The molecule has 7 heteroatoms. The molecule has 0 aliphatic carbocycles. The molecule has 5 nitrogen and oxygen atoms in total. The Morgan fingerprint density at radius 1 is 1.19 bits per heavy atom. The first-order valence-corrected chi connectivity index (χ1v) is 9.32. The number of para-hydroxylation sites is 1. The lowest BCUT2D eigenvalue weighted by atomic mass is 10.2. The number of allylic oxidation sites excluding steroid dienone is 1. The molecule has 0 amide bonds. The second kappa shape index (κ2) is 7.34. The van der Waals surface area contributed by atoms with Gasteiger partial charge in [0.2, 0.25) is 4.96 Å². The quantitative estimate of drug-likeness (QED) is 0.528. The summed E-state index contributed by atoms with van der Waals surface area (Å²) >= 11 is 7.30. The second-order valence-corrected chi connectivity index (χ2v) is 7.12. The van der Waals surface area contributed by atoms with E-state index in [0.29, 0.717) is 20.3 Å². The van der Waals surface area contributed by atoms with E-state index >= 15 is 0 Å². The number of nitrogens with zero attached hydrogens (tertiary/aromatic N) is 3. The van der Waals surface area contributed by atoms with E-state index in [9.17, 15) is 4.79 Å². The van der Waals surface area contributed by atoms with Gasteiger partial charge in [0.25, 0.3) is 5.56 Å². The summed E-state index contributed by atoms with van der Waals surface area (Å²) in [6, 6.07) is 14.9. The maximum absolute atomic E-state index is 12.6. The van der Waals surface area contributed by atoms with Crippen LogP contribution < -0.4 is 14.8 Å². The molecular weight excluding hydrogens is 382 g/mol. The number of ether oxygens (including phenoxy) is 1. The fourth-order valence-electron chi connectivity index (χ4n) is 2.64. The summed E-state index contributed by atoms with van der Waals surface area (Å²) in [4.78, 5) is 17.6. The fourth-order valence-corrected chi connectivity index (χ4v) is 3.69. The molecule has 0 radical (unpaired) electrons. The number of hydrogen-bond acceptors (Lipinski definition) is 5. The van der Waals surface area contributed by atoms with E-state index in [1.54, 1.807) is 25.3 Å². The largest absolute Gasteiger partial charge is 0.496 e. The molecule has 4 rings (SSSR count). The standard InChI is InChI=1S/C20H14ClN3O2S/c1-26-16-10-3-2-6-13(16)7-5-11-17-19(25)24-20(27-17)22-18(23-24)14-8-4-9-15(21)12-14/h2-12H,1H3/b7-5-,17-11-. The van der Waals surface area contributed by atoms with Gasteiger partial charge in [0.15, 0.2) is 5.82 Å². The minimum Gasteiger partial charge on any atom is -0.496 e. The van der Waals surface area contributed by atoms with Crippen LogP contribution in [0.4, 0.5) is 0 Å². The van der Waals surface area contributed by atoms with Gasteiger partial charge >= 0.3 is 0 Å². The van der Waals surface area contributed by atoms with Crippen molar-refractivity contribution in [1.29, 1.82) is 0 Å². The van der Waals surface area contributed by atoms with Crippen LogP contribution in [0.1, 0.15) is 5.56 Å². The van der Waals surface area contributed by atoms with Gasteiger partial charge in [0, 0.05) is 16.1 Å². The number of fused-ring (bicyclic) bond motifs is 1. The van der Waals surface area contributed by atoms with Crippen LogP contribution in [0.2, 0.25) is 5.02 Å². The molecule has 2 aromatic heterocycles. The van der Waals surface area contributed by atoms with Gasteiger partial charge in [0.1, 0.15) is 5.75 Å². The third-order valence-electron chi connectivity index (χ3n) is 3.93. The van der Waals surface area contributed by atoms with Gasteiger partial charge in [-0.3, -0.25) is 4.79 Å². The molecule has 0 bridgehead atoms. The van der Waals surface area contributed by atoms with Gasteiger partial charge in [-0.2, -0.15) is 9.50 Å². The van der Waals surface area contributed by atoms with Crippen molar-refractivity contribution in [3.8, 4) is 17.1 Å². The van der Waals surface area contributed by atoms with Gasteiger partial charge in [-0.25, -0.2) is 0 Å². The summed E-state index contributed by atoms with van der Waals surface area (Å²) < 4.78 is 7.20. The SMILES string of the molecule is COc1ccccc1/C=C\C=c1/sc2nc(-c3cccc(Cl)c3)nn2c1=O. The third kappa shape index (κ3) is 3.49. The Morgan fingerprint density at radius 2 is 2.04 bits per heavy atom. The Kier molecular flexibility index (Phi) is 4.75. The summed E-state index contributed by atoms with van der Waals surface area (Å²) in [5.74, 6) is 1.26. The molecule has 2 heterocycles. The minimum atomic E-state index is -0.194. The van der Waals surface area contributed by atoms with Gasteiger partial charge in [0.05, 0.1) is 11.6 Å². The zero-order valence-electron chi connectivity index (χ0n) is 14.3. The highest BCUT2D eigenvalue weighted by molar-refractivity contribution is 7.15. The van der Waals surface area contributed by atoms with Crippen LogP contribution in [0.25, 0.3) is 28.5 Å². The van der Waals surface area contributed by atoms with Crippen molar-refractivity contribution in [2.75, 3.05) is 7.11 Å². The summed E-state index contributed by atoms with van der Waals surface area (Å²) in [6.07, 6.45) is 5.48. The van der Waals surface area contributed by atoms with E-state index in [-0.39, 0.29) is 5.56 Å². The van der Waals surface area contributed by atoms with Crippen molar-refractivity contribution in [3.63, 3.8) is 0 Å². The van der Waals surface area contributed by atoms with Crippen LogP contribution in [0.15, 0.2) is 59.4 Å². The lowest BCUT2D eigenvalue weighted by molar-refractivity contribution is 0.414. The molecule has 0 spiro atoms. The number of aromatic nitrogens is 3. The Labute approximate surface area is 163 Å². The number of methoxy groups -OCH3 is 1. The molecule has 0 atom stereocenters. The van der Waals surface area contributed by atoms with Crippen molar-refractivity contribution < 1.29 is 4.74 Å². The number of rotatable bonds is 4. The Hall–Kier alpha value is -2.96. The Morgan fingerprint density at radius 3 is 2.81 bits per heavy atom. The van der Waals surface area contributed by atoms with Gasteiger partial charge in [-0.15, -0.1) is 5.10 Å². The highest BCUT2D eigenvalue weighted by atomic mass is 35.5. The zero-order valence-corrected chi connectivity index (χ0v) is 15.9. The summed E-state index contributed by atoms with van der Waals surface area (Å²) in [6.45, 7) is 0. The van der Waals surface area contributed by atoms with Crippen LogP contribution in [-0.2, 0) is 0 Å². The number of hydrogen-bond donors (Lipinski definition) is 0. The molecule has 0 N–H and O–H groups in total. The molecule has 0 aliphatic heterocycles. The van der Waals surface area contributed by atoms with E-state index in [0.717, 1.165) is 16.9 Å². The van der Waals surface area contributed by atoms with Crippen molar-refractivity contribution in [2.45, 2.75) is 0 Å². The molecule has 0 saturated carbocycles. The molecule has 0 saturated heterocycles. The first-order valence-electron chi connectivity index (χ1n) is 8.12. The summed E-state index contributed by atoms with van der Waals surface area (Å²) in [5, 5.41) is 4.92. The van der Waals surface area contributed by atoms with E-state index < -0.39 is 0 Å². The molecule has 134 valence electrons. The van der Waals surface area contributed by atoms with Crippen LogP contribution in [0.5, 0.6) is 5.75 Å². The normalized spacial score (nSPS) is 12.3. The predicted molar refractivity (Wildman–Crippen MR) is 109 cm³/mol. The van der Waals surface area contributed by atoms with Crippen molar-refractivity contribution in [3.05, 3.63) is 80.1 Å².